The summed E-state index contributed by atoms with van der Waals surface area (Å²) < 4.78 is 11.8. The Balaban J connectivity index is 0.000000237. The summed E-state index contributed by atoms with van der Waals surface area (Å²) in [5.74, 6) is 1.42. The summed E-state index contributed by atoms with van der Waals surface area (Å²) >= 11 is 3.32. The van der Waals surface area contributed by atoms with Crippen molar-refractivity contribution in [2.45, 2.75) is 27.7 Å². The molecule has 0 spiro atoms. The van der Waals surface area contributed by atoms with Crippen LogP contribution in [0, 0.1) is 44.9 Å². The molecule has 0 aliphatic rings. The van der Waals surface area contributed by atoms with E-state index in [1.165, 1.54) is 6.07 Å². The molecular formula is C22H22Cl2I2N6O4Sn. The molecule has 196 valence electrons. The molecule has 4 aromatic rings. The standard InChI is InChI=1S/C11H10IN3O3.C11H12IN3O.2ClH.Sn/c1-5-10(6(2)18-14-5)7-3-8(12)11(13)9(4-7)15(16)17;1-5-10(6(2)16-15-5)7-3-8(12)11(14)9(13)4-7;;;/h3-4H,13H2,1-2H3;3-4H,13-14H2,1-2H3;2*1H;/q;;;;+2/p-2. The topological polar surface area (TPSA) is 173 Å². The van der Waals surface area contributed by atoms with Crippen molar-refractivity contribution in [3.8, 4) is 22.3 Å². The maximum absolute atomic E-state index is 10.9. The van der Waals surface area contributed by atoms with Crippen LogP contribution in [0.25, 0.3) is 22.3 Å². The number of nitrogens with zero attached hydrogens (tertiary/aromatic N) is 3. The van der Waals surface area contributed by atoms with Gasteiger partial charge in [0.15, 0.2) is 0 Å². The van der Waals surface area contributed by atoms with Gasteiger partial charge in [-0.05, 0) is 102 Å². The monoisotopic (exact) mass is 878 g/mol. The molecule has 2 radical (unpaired) electrons. The number of rotatable bonds is 3. The van der Waals surface area contributed by atoms with Crippen LogP contribution in [0.5, 0.6) is 0 Å². The van der Waals surface area contributed by atoms with E-state index in [0.717, 1.165) is 31.7 Å². The number of aromatic nitrogens is 2. The Kier molecular flexibility index (Phi) is 12.0. The first-order chi connectivity index (χ1) is 17.3. The third kappa shape index (κ3) is 7.77. The Morgan fingerprint density at radius 2 is 1.24 bits per heavy atom. The predicted molar refractivity (Wildman–Crippen MR) is 166 cm³/mol. The average Bonchev–Trinajstić information content (AvgIpc) is 3.34. The number of hydrogen-bond donors (Lipinski definition) is 3. The summed E-state index contributed by atoms with van der Waals surface area (Å²) in [6.45, 7) is 7.35. The number of anilines is 3. The van der Waals surface area contributed by atoms with Crippen molar-refractivity contribution in [2.75, 3.05) is 17.2 Å². The van der Waals surface area contributed by atoms with E-state index >= 15 is 0 Å². The van der Waals surface area contributed by atoms with E-state index < -0.39 is 23.8 Å². The third-order valence-electron chi connectivity index (χ3n) is 5.11. The van der Waals surface area contributed by atoms with Gasteiger partial charge in [-0.1, -0.05) is 10.3 Å². The van der Waals surface area contributed by atoms with Gasteiger partial charge in [-0.3, -0.25) is 10.1 Å². The van der Waals surface area contributed by atoms with Crippen molar-refractivity contribution in [1.82, 2.24) is 10.3 Å². The van der Waals surface area contributed by atoms with Gasteiger partial charge < -0.3 is 26.2 Å². The molecule has 0 fully saturated rings. The first-order valence-corrected chi connectivity index (χ1v) is 19.6. The Morgan fingerprint density at radius 1 is 0.838 bits per heavy atom. The van der Waals surface area contributed by atoms with E-state index in [4.69, 9.17) is 44.1 Å². The summed E-state index contributed by atoms with van der Waals surface area (Å²) in [4.78, 5) is 10.5. The molecule has 0 bridgehead atoms. The Labute approximate surface area is 258 Å². The van der Waals surface area contributed by atoms with Crippen LogP contribution in [0.1, 0.15) is 22.9 Å². The molecule has 0 saturated heterocycles. The van der Waals surface area contributed by atoms with E-state index in [2.05, 4.69) is 32.9 Å². The minimum atomic E-state index is -0.826. The molecule has 0 atom stereocenters. The Bertz CT molecular complexity index is 1370. The van der Waals surface area contributed by atoms with Gasteiger partial charge in [0.2, 0.25) is 0 Å². The van der Waals surface area contributed by atoms with Gasteiger partial charge in [-0.2, -0.15) is 0 Å². The summed E-state index contributed by atoms with van der Waals surface area (Å²) in [6, 6.07) is 7.07. The van der Waals surface area contributed by atoms with E-state index in [1.807, 2.05) is 48.6 Å². The third-order valence-corrected chi connectivity index (χ3v) is 6.90. The fourth-order valence-corrected chi connectivity index (χ4v) is 4.73. The molecule has 6 N–H and O–H groups in total. The van der Waals surface area contributed by atoms with Crippen LogP contribution < -0.4 is 17.2 Å². The SMILES string of the molecule is Cc1noc(C)c1-c1cc(I)c(N)c([N+](=O)[O-])c1.Cc1noc(C)c1-c1cc(N)c(N)c(I)c1.[Cl][Sn][Cl]. The van der Waals surface area contributed by atoms with Crippen molar-refractivity contribution < 1.29 is 14.0 Å². The number of nitro benzene ring substituents is 1. The number of hydrogen-bond acceptors (Lipinski definition) is 9. The molecule has 0 aliphatic heterocycles. The van der Waals surface area contributed by atoms with Crippen molar-refractivity contribution in [3.63, 3.8) is 0 Å². The van der Waals surface area contributed by atoms with E-state index in [1.54, 1.807) is 19.9 Å². The van der Waals surface area contributed by atoms with Gasteiger partial charge in [0.1, 0.15) is 17.2 Å². The Morgan fingerprint density at radius 3 is 1.59 bits per heavy atom. The predicted octanol–water partition coefficient (Wildman–Crippen LogP) is 6.78. The molecule has 10 nitrogen and oxygen atoms in total. The minimum absolute atomic E-state index is 0.100. The number of nitrogens with two attached hydrogens (primary N) is 3. The Hall–Kier alpha value is -1.50. The molecule has 0 saturated carbocycles. The van der Waals surface area contributed by atoms with Crippen molar-refractivity contribution in [1.29, 1.82) is 0 Å². The molecule has 0 unspecified atom stereocenters. The van der Waals surface area contributed by atoms with Gasteiger partial charge >= 0.3 is 36.7 Å². The van der Waals surface area contributed by atoms with Gasteiger partial charge in [-0.25, -0.2) is 0 Å². The molecule has 0 aliphatic carbocycles. The zero-order valence-electron chi connectivity index (χ0n) is 20.0. The summed E-state index contributed by atoms with van der Waals surface area (Å²) in [6.07, 6.45) is 0. The summed E-state index contributed by atoms with van der Waals surface area (Å²) in [7, 11) is 9.87. The zero-order valence-corrected chi connectivity index (χ0v) is 28.7. The van der Waals surface area contributed by atoms with Crippen molar-refractivity contribution in [3.05, 3.63) is 64.4 Å². The van der Waals surface area contributed by atoms with E-state index in [0.29, 0.717) is 32.0 Å². The molecule has 2 aromatic heterocycles. The van der Waals surface area contributed by atoms with Crippen LogP contribution in [-0.4, -0.2) is 34.1 Å². The second kappa shape index (κ2) is 14.0. The normalized spacial score (nSPS) is 10.3. The van der Waals surface area contributed by atoms with Gasteiger partial charge in [0.25, 0.3) is 5.69 Å². The first kappa shape index (κ1) is 31.7. The summed E-state index contributed by atoms with van der Waals surface area (Å²) in [5.41, 5.74) is 23.6. The van der Waals surface area contributed by atoms with Crippen LogP contribution in [0.3, 0.4) is 0 Å². The number of aryl methyl sites for hydroxylation is 4. The number of halogens is 4. The fraction of sp³-hybridized carbons (Fsp3) is 0.182. The van der Waals surface area contributed by atoms with Gasteiger partial charge in [0, 0.05) is 24.3 Å². The number of nitrogen functional groups attached to an aromatic ring is 3. The average molecular weight is 878 g/mol. The van der Waals surface area contributed by atoms with Gasteiger partial charge in [0.05, 0.1) is 27.7 Å². The second-order valence-electron chi connectivity index (χ2n) is 7.58. The van der Waals surface area contributed by atoms with Crippen LogP contribution in [0.4, 0.5) is 22.7 Å². The summed E-state index contributed by atoms with van der Waals surface area (Å²) in [5, 5.41) is 18.7. The van der Waals surface area contributed by atoms with Gasteiger partial charge in [-0.15, -0.1) is 0 Å². The van der Waals surface area contributed by atoms with Crippen molar-refractivity contribution in [2.24, 2.45) is 0 Å². The quantitative estimate of drug-likeness (QED) is 0.0660. The fourth-order valence-electron chi connectivity index (χ4n) is 3.47. The number of benzene rings is 2. The molecule has 15 heteroatoms. The molecular weight excluding hydrogens is 856 g/mol. The van der Waals surface area contributed by atoms with Crippen LogP contribution in [-0.2, 0) is 0 Å². The molecule has 4 rings (SSSR count). The van der Waals surface area contributed by atoms with E-state index in [-0.39, 0.29) is 11.4 Å². The molecule has 37 heavy (non-hydrogen) atoms. The van der Waals surface area contributed by atoms with Crippen molar-refractivity contribution >= 4 is 105 Å². The zero-order chi connectivity index (χ0) is 28.0. The van der Waals surface area contributed by atoms with E-state index in [9.17, 15) is 10.1 Å². The number of nitro groups is 1. The molecule has 0 amide bonds. The van der Waals surface area contributed by atoms with Crippen LogP contribution >= 0.6 is 63.0 Å². The first-order valence-electron chi connectivity index (χ1n) is 10.2. The maximum atomic E-state index is 10.9. The van der Waals surface area contributed by atoms with Crippen LogP contribution in [0.2, 0.25) is 0 Å². The second-order valence-corrected chi connectivity index (χ2v) is 14.1. The molecule has 2 heterocycles. The van der Waals surface area contributed by atoms with Crippen LogP contribution in [0.15, 0.2) is 33.3 Å². The molecule has 2 aromatic carbocycles.